The first kappa shape index (κ1) is 15.0. The Balaban J connectivity index is 2.28. The van der Waals surface area contributed by atoms with E-state index in [9.17, 15) is 0 Å². The van der Waals surface area contributed by atoms with Gasteiger partial charge in [-0.15, -0.1) is 0 Å². The van der Waals surface area contributed by atoms with Gasteiger partial charge in [0, 0.05) is 24.6 Å². The van der Waals surface area contributed by atoms with Crippen LogP contribution in [0.4, 0.5) is 11.6 Å². The van der Waals surface area contributed by atoms with E-state index < -0.39 is 0 Å². The van der Waals surface area contributed by atoms with Crippen molar-refractivity contribution in [2.24, 2.45) is 11.8 Å². The summed E-state index contributed by atoms with van der Waals surface area (Å²) in [7, 11) is 0. The lowest BCUT2D eigenvalue weighted by Crippen LogP contribution is -2.35. The molecule has 1 aliphatic rings. The third-order valence-electron chi connectivity index (χ3n) is 4.28. The average molecular weight is 277 g/mol. The quantitative estimate of drug-likeness (QED) is 0.654. The number of hydrazine groups is 1. The third kappa shape index (κ3) is 3.03. The molecule has 2 rings (SSSR count). The summed E-state index contributed by atoms with van der Waals surface area (Å²) in [5.74, 6) is 9.42. The molecule has 5 heteroatoms. The maximum absolute atomic E-state index is 5.60. The first-order valence-corrected chi connectivity index (χ1v) is 7.66. The molecular weight excluding hydrogens is 250 g/mol. The van der Waals surface area contributed by atoms with Gasteiger partial charge in [-0.05, 0) is 25.7 Å². The Morgan fingerprint density at radius 2 is 1.95 bits per heavy atom. The average Bonchev–Trinajstić information content (AvgIpc) is 2.47. The van der Waals surface area contributed by atoms with Crippen LogP contribution in [0.5, 0.6) is 0 Å². The van der Waals surface area contributed by atoms with E-state index in [0.29, 0.717) is 5.92 Å². The summed E-state index contributed by atoms with van der Waals surface area (Å²) >= 11 is 0. The first-order chi connectivity index (χ1) is 9.56. The van der Waals surface area contributed by atoms with Crippen molar-refractivity contribution < 1.29 is 0 Å². The standard InChI is InChI=1S/C15H27N5/c1-5-12-6-8-20(9-7-12)15-11(4)14(19-16)17-13(18-15)10(2)3/h10,12H,5-9,16H2,1-4H3,(H,17,18,19). The topological polar surface area (TPSA) is 67.1 Å². The number of nitrogens with one attached hydrogen (secondary N) is 1. The molecule has 0 atom stereocenters. The molecule has 3 N–H and O–H groups in total. The maximum atomic E-state index is 5.60. The zero-order valence-electron chi connectivity index (χ0n) is 13.1. The van der Waals surface area contributed by atoms with Gasteiger partial charge in [-0.2, -0.15) is 0 Å². The molecule has 0 bridgehead atoms. The van der Waals surface area contributed by atoms with Crippen LogP contribution >= 0.6 is 0 Å². The van der Waals surface area contributed by atoms with E-state index in [2.05, 4.69) is 36.1 Å². The van der Waals surface area contributed by atoms with Gasteiger partial charge in [-0.3, -0.25) is 0 Å². The summed E-state index contributed by atoms with van der Waals surface area (Å²) in [6, 6.07) is 0. The first-order valence-electron chi connectivity index (χ1n) is 7.66. The molecule has 1 aromatic heterocycles. The van der Waals surface area contributed by atoms with Gasteiger partial charge in [-0.25, -0.2) is 15.8 Å². The van der Waals surface area contributed by atoms with Crippen LogP contribution in [0.1, 0.15) is 57.3 Å². The summed E-state index contributed by atoms with van der Waals surface area (Å²) in [6.07, 6.45) is 3.79. The van der Waals surface area contributed by atoms with Crippen molar-refractivity contribution in [2.75, 3.05) is 23.4 Å². The number of nitrogen functional groups attached to an aromatic ring is 1. The van der Waals surface area contributed by atoms with E-state index in [1.807, 2.05) is 6.92 Å². The van der Waals surface area contributed by atoms with E-state index in [1.165, 1.54) is 19.3 Å². The van der Waals surface area contributed by atoms with Crippen LogP contribution in [0.3, 0.4) is 0 Å². The summed E-state index contributed by atoms with van der Waals surface area (Å²) in [4.78, 5) is 11.7. The van der Waals surface area contributed by atoms with Crippen molar-refractivity contribution in [1.29, 1.82) is 0 Å². The molecule has 0 aliphatic carbocycles. The number of aromatic nitrogens is 2. The molecule has 1 saturated heterocycles. The number of anilines is 2. The Morgan fingerprint density at radius 1 is 1.30 bits per heavy atom. The number of nitrogens with two attached hydrogens (primary N) is 1. The molecule has 0 unspecified atom stereocenters. The van der Waals surface area contributed by atoms with Gasteiger partial charge in [-0.1, -0.05) is 27.2 Å². The van der Waals surface area contributed by atoms with Crippen molar-refractivity contribution in [3.63, 3.8) is 0 Å². The second-order valence-electron chi connectivity index (χ2n) is 6.02. The lowest BCUT2D eigenvalue weighted by molar-refractivity contribution is 0.393. The van der Waals surface area contributed by atoms with Crippen LogP contribution in [-0.2, 0) is 0 Å². The highest BCUT2D eigenvalue weighted by molar-refractivity contribution is 5.58. The van der Waals surface area contributed by atoms with Gasteiger partial charge in [0.25, 0.3) is 0 Å². The smallest absolute Gasteiger partial charge is 0.148 e. The highest BCUT2D eigenvalue weighted by Gasteiger charge is 2.22. The molecule has 0 aromatic carbocycles. The van der Waals surface area contributed by atoms with Gasteiger partial charge in [0.15, 0.2) is 0 Å². The molecule has 1 fully saturated rings. The molecule has 2 heterocycles. The lowest BCUT2D eigenvalue weighted by Gasteiger charge is -2.33. The summed E-state index contributed by atoms with van der Waals surface area (Å²) in [5, 5.41) is 0. The summed E-state index contributed by atoms with van der Waals surface area (Å²) < 4.78 is 0. The summed E-state index contributed by atoms with van der Waals surface area (Å²) in [6.45, 7) is 10.7. The maximum Gasteiger partial charge on any atom is 0.148 e. The predicted octanol–water partition coefficient (Wildman–Crippen LogP) is 2.82. The predicted molar refractivity (Wildman–Crippen MR) is 83.9 cm³/mol. The summed E-state index contributed by atoms with van der Waals surface area (Å²) in [5.41, 5.74) is 3.76. The number of piperidine rings is 1. The van der Waals surface area contributed by atoms with Crippen molar-refractivity contribution in [1.82, 2.24) is 9.97 Å². The third-order valence-corrected chi connectivity index (χ3v) is 4.28. The van der Waals surface area contributed by atoms with E-state index in [4.69, 9.17) is 10.8 Å². The molecule has 1 aromatic rings. The van der Waals surface area contributed by atoms with Crippen LogP contribution in [0.2, 0.25) is 0 Å². The minimum atomic E-state index is 0.301. The van der Waals surface area contributed by atoms with Gasteiger partial charge < -0.3 is 10.3 Å². The molecule has 112 valence electrons. The molecule has 20 heavy (non-hydrogen) atoms. The minimum Gasteiger partial charge on any atom is -0.356 e. The van der Waals surface area contributed by atoms with Crippen LogP contribution in [-0.4, -0.2) is 23.1 Å². The second kappa shape index (κ2) is 6.39. The van der Waals surface area contributed by atoms with Gasteiger partial charge in [0.2, 0.25) is 0 Å². The Morgan fingerprint density at radius 3 is 2.45 bits per heavy atom. The fourth-order valence-corrected chi connectivity index (χ4v) is 2.78. The van der Waals surface area contributed by atoms with Crippen molar-refractivity contribution >= 4 is 11.6 Å². The molecular formula is C15H27N5. The normalized spacial score (nSPS) is 16.8. The van der Waals surface area contributed by atoms with E-state index in [-0.39, 0.29) is 0 Å². The monoisotopic (exact) mass is 277 g/mol. The molecule has 0 radical (unpaired) electrons. The van der Waals surface area contributed by atoms with Crippen LogP contribution in [0.15, 0.2) is 0 Å². The van der Waals surface area contributed by atoms with Crippen molar-refractivity contribution in [3.05, 3.63) is 11.4 Å². The number of rotatable bonds is 4. The van der Waals surface area contributed by atoms with Crippen molar-refractivity contribution in [3.8, 4) is 0 Å². The van der Waals surface area contributed by atoms with Gasteiger partial charge >= 0.3 is 0 Å². The largest absolute Gasteiger partial charge is 0.356 e. The number of nitrogens with zero attached hydrogens (tertiary/aromatic N) is 3. The molecule has 0 spiro atoms. The highest BCUT2D eigenvalue weighted by atomic mass is 15.3. The second-order valence-corrected chi connectivity index (χ2v) is 6.02. The SMILES string of the molecule is CCC1CCN(c2nc(C(C)C)nc(NN)c2C)CC1. The van der Waals surface area contributed by atoms with Gasteiger partial charge in [0.05, 0.1) is 0 Å². The Kier molecular flexibility index (Phi) is 4.81. The van der Waals surface area contributed by atoms with Crippen molar-refractivity contribution in [2.45, 2.75) is 52.9 Å². The minimum absolute atomic E-state index is 0.301. The van der Waals surface area contributed by atoms with E-state index in [0.717, 1.165) is 42.0 Å². The lowest BCUT2D eigenvalue weighted by atomic mass is 9.94. The Labute approximate surface area is 121 Å². The fourth-order valence-electron chi connectivity index (χ4n) is 2.78. The highest BCUT2D eigenvalue weighted by Crippen LogP contribution is 2.29. The van der Waals surface area contributed by atoms with Crippen LogP contribution < -0.4 is 16.2 Å². The molecule has 5 nitrogen and oxygen atoms in total. The molecule has 0 saturated carbocycles. The zero-order chi connectivity index (χ0) is 14.7. The Bertz CT molecular complexity index is 450. The fraction of sp³-hybridized carbons (Fsp3) is 0.733. The Hall–Kier alpha value is -1.36. The van der Waals surface area contributed by atoms with Gasteiger partial charge in [0.1, 0.15) is 17.5 Å². The zero-order valence-corrected chi connectivity index (χ0v) is 13.1. The van der Waals surface area contributed by atoms with E-state index in [1.54, 1.807) is 0 Å². The number of hydrogen-bond acceptors (Lipinski definition) is 5. The van der Waals surface area contributed by atoms with Crippen LogP contribution in [0.25, 0.3) is 0 Å². The molecule has 1 aliphatic heterocycles. The van der Waals surface area contributed by atoms with Crippen LogP contribution in [0, 0.1) is 12.8 Å². The molecule has 0 amide bonds. The number of hydrogen-bond donors (Lipinski definition) is 2. The van der Waals surface area contributed by atoms with E-state index >= 15 is 0 Å².